The van der Waals surface area contributed by atoms with Gasteiger partial charge in [0, 0.05) is 26.8 Å². The molecule has 1 amide bonds. The van der Waals surface area contributed by atoms with Crippen molar-refractivity contribution in [2.45, 2.75) is 12.5 Å². The molecule has 1 aliphatic rings. The summed E-state index contributed by atoms with van der Waals surface area (Å²) in [5.41, 5.74) is 2.00. The average molecular weight is 293 g/mol. The van der Waals surface area contributed by atoms with Crippen LogP contribution in [0.25, 0.3) is 0 Å². The van der Waals surface area contributed by atoms with E-state index in [-0.39, 0.29) is 11.9 Å². The maximum absolute atomic E-state index is 12.1. The fraction of sp³-hybridized carbons (Fsp3) is 0.533. The lowest BCUT2D eigenvalue weighted by molar-refractivity contribution is -0.121. The first-order valence-corrected chi connectivity index (χ1v) is 7.25. The number of ether oxygens (including phenoxy) is 2. The highest BCUT2D eigenvalue weighted by Crippen LogP contribution is 2.24. The largest absolute Gasteiger partial charge is 0.382 e. The summed E-state index contributed by atoms with van der Waals surface area (Å²) in [7, 11) is 1.65. The molecule has 2 rings (SSSR count). The monoisotopic (exact) mass is 293 g/mol. The first-order chi connectivity index (χ1) is 10.3. The summed E-state index contributed by atoms with van der Waals surface area (Å²) < 4.78 is 10.2. The number of nitrogens with one attached hydrogen (secondary N) is 3. The number of hydrogen-bond donors (Lipinski definition) is 3. The number of rotatable bonds is 8. The van der Waals surface area contributed by atoms with Crippen LogP contribution in [0.2, 0.25) is 0 Å². The summed E-state index contributed by atoms with van der Waals surface area (Å²) in [6, 6.07) is 7.64. The van der Waals surface area contributed by atoms with E-state index in [1.807, 2.05) is 24.3 Å². The lowest BCUT2D eigenvalue weighted by Gasteiger charge is -2.27. The third-order valence-electron chi connectivity index (χ3n) is 3.27. The number of anilines is 2. The predicted molar refractivity (Wildman–Crippen MR) is 82.7 cm³/mol. The highest BCUT2D eigenvalue weighted by atomic mass is 16.5. The molecule has 0 aliphatic carbocycles. The molecule has 0 fully saturated rings. The van der Waals surface area contributed by atoms with E-state index in [0.29, 0.717) is 32.9 Å². The fourth-order valence-corrected chi connectivity index (χ4v) is 2.13. The van der Waals surface area contributed by atoms with Gasteiger partial charge in [0.1, 0.15) is 6.04 Å². The van der Waals surface area contributed by atoms with Gasteiger partial charge in [0.25, 0.3) is 0 Å². The zero-order chi connectivity index (χ0) is 14.9. The van der Waals surface area contributed by atoms with Crippen LogP contribution in [0.5, 0.6) is 0 Å². The zero-order valence-electron chi connectivity index (χ0n) is 12.4. The van der Waals surface area contributed by atoms with Crippen molar-refractivity contribution in [2.75, 3.05) is 50.7 Å². The molecular formula is C15H23N3O3. The maximum atomic E-state index is 12.1. The Kier molecular flexibility index (Phi) is 6.30. The van der Waals surface area contributed by atoms with Crippen molar-refractivity contribution >= 4 is 17.3 Å². The first kappa shape index (κ1) is 15.6. The first-order valence-electron chi connectivity index (χ1n) is 7.25. The minimum atomic E-state index is -0.241. The molecule has 1 unspecified atom stereocenters. The highest BCUT2D eigenvalue weighted by Gasteiger charge is 2.22. The summed E-state index contributed by atoms with van der Waals surface area (Å²) in [4.78, 5) is 12.1. The van der Waals surface area contributed by atoms with Crippen molar-refractivity contribution in [3.63, 3.8) is 0 Å². The average Bonchev–Trinajstić information content (AvgIpc) is 2.53. The van der Waals surface area contributed by atoms with E-state index in [1.165, 1.54) is 0 Å². The van der Waals surface area contributed by atoms with Gasteiger partial charge in [-0.25, -0.2) is 0 Å². The van der Waals surface area contributed by atoms with Crippen molar-refractivity contribution in [2.24, 2.45) is 0 Å². The molecule has 0 aromatic heterocycles. The number of carbonyl (C=O) groups excluding carboxylic acids is 1. The maximum Gasteiger partial charge on any atom is 0.244 e. The fourth-order valence-electron chi connectivity index (χ4n) is 2.13. The minimum Gasteiger partial charge on any atom is -0.382 e. The molecule has 6 nitrogen and oxygen atoms in total. The summed E-state index contributed by atoms with van der Waals surface area (Å²) in [5, 5.41) is 9.42. The lowest BCUT2D eigenvalue weighted by atomic mass is 10.1. The van der Waals surface area contributed by atoms with Crippen LogP contribution >= 0.6 is 0 Å². The summed E-state index contributed by atoms with van der Waals surface area (Å²) in [6.45, 7) is 3.03. The summed E-state index contributed by atoms with van der Waals surface area (Å²) in [6.07, 6.45) is 0.798. The van der Waals surface area contributed by atoms with Gasteiger partial charge in [-0.05, 0) is 18.6 Å². The van der Waals surface area contributed by atoms with Crippen LogP contribution in [-0.2, 0) is 14.3 Å². The number of amides is 1. The second-order valence-corrected chi connectivity index (χ2v) is 4.87. The lowest BCUT2D eigenvalue weighted by Crippen LogP contribution is -2.46. The summed E-state index contributed by atoms with van der Waals surface area (Å²) >= 11 is 0. The van der Waals surface area contributed by atoms with Crippen molar-refractivity contribution in [3.8, 4) is 0 Å². The van der Waals surface area contributed by atoms with E-state index < -0.39 is 0 Å². The Balaban J connectivity index is 1.64. The Morgan fingerprint density at radius 1 is 1.29 bits per heavy atom. The topological polar surface area (TPSA) is 71.6 Å². The highest BCUT2D eigenvalue weighted by molar-refractivity contribution is 5.88. The van der Waals surface area contributed by atoms with E-state index in [0.717, 1.165) is 17.8 Å². The molecule has 1 heterocycles. The number of fused-ring (bicyclic) bond motifs is 1. The van der Waals surface area contributed by atoms with Crippen LogP contribution in [0, 0.1) is 0 Å². The molecule has 1 atom stereocenters. The third-order valence-corrected chi connectivity index (χ3v) is 3.27. The number of para-hydroxylation sites is 2. The Morgan fingerprint density at radius 2 is 2.10 bits per heavy atom. The normalized spacial score (nSPS) is 16.5. The van der Waals surface area contributed by atoms with E-state index in [1.54, 1.807) is 7.11 Å². The van der Waals surface area contributed by atoms with Gasteiger partial charge in [-0.3, -0.25) is 4.79 Å². The van der Waals surface area contributed by atoms with Gasteiger partial charge in [0.15, 0.2) is 0 Å². The van der Waals surface area contributed by atoms with E-state index in [9.17, 15) is 4.79 Å². The third kappa shape index (κ3) is 4.91. The minimum absolute atomic E-state index is 0.00824. The Bertz CT molecular complexity index is 454. The molecule has 0 saturated heterocycles. The van der Waals surface area contributed by atoms with Crippen LogP contribution < -0.4 is 16.0 Å². The van der Waals surface area contributed by atoms with Gasteiger partial charge in [-0.15, -0.1) is 0 Å². The number of methoxy groups -OCH3 is 1. The van der Waals surface area contributed by atoms with Gasteiger partial charge in [0.05, 0.1) is 24.6 Å². The van der Waals surface area contributed by atoms with Crippen LogP contribution in [0.4, 0.5) is 11.4 Å². The van der Waals surface area contributed by atoms with E-state index in [4.69, 9.17) is 9.47 Å². The van der Waals surface area contributed by atoms with Crippen LogP contribution in [0.1, 0.15) is 6.42 Å². The number of hydrogen-bond acceptors (Lipinski definition) is 5. The van der Waals surface area contributed by atoms with Crippen LogP contribution in [0.15, 0.2) is 24.3 Å². The molecule has 21 heavy (non-hydrogen) atoms. The molecule has 6 heteroatoms. The molecule has 0 bridgehead atoms. The van der Waals surface area contributed by atoms with Gasteiger partial charge in [-0.2, -0.15) is 0 Å². The number of benzene rings is 1. The molecule has 116 valence electrons. The van der Waals surface area contributed by atoms with Crippen molar-refractivity contribution < 1.29 is 14.3 Å². The molecule has 0 saturated carbocycles. The predicted octanol–water partition coefficient (Wildman–Crippen LogP) is 1.06. The van der Waals surface area contributed by atoms with Gasteiger partial charge >= 0.3 is 0 Å². The second kappa shape index (κ2) is 8.49. The van der Waals surface area contributed by atoms with Crippen molar-refractivity contribution in [1.82, 2.24) is 5.32 Å². The van der Waals surface area contributed by atoms with Crippen molar-refractivity contribution in [1.29, 1.82) is 0 Å². The molecule has 0 radical (unpaired) electrons. The molecule has 1 aliphatic heterocycles. The molecule has 1 aromatic rings. The number of carbonyl (C=O) groups is 1. The standard InChI is InChI=1S/C15H23N3O3/c1-20-9-10-21-8-4-7-16-15(19)14-11-17-12-5-2-3-6-13(12)18-14/h2-3,5-6,14,17-18H,4,7-11H2,1H3,(H,16,19). The quantitative estimate of drug-likeness (QED) is 0.625. The van der Waals surface area contributed by atoms with Gasteiger partial charge < -0.3 is 25.4 Å². The van der Waals surface area contributed by atoms with E-state index in [2.05, 4.69) is 16.0 Å². The molecule has 0 spiro atoms. The summed E-state index contributed by atoms with van der Waals surface area (Å²) in [5.74, 6) is 0.00824. The molecule has 1 aromatic carbocycles. The van der Waals surface area contributed by atoms with E-state index >= 15 is 0 Å². The smallest absolute Gasteiger partial charge is 0.244 e. The Morgan fingerprint density at radius 3 is 2.90 bits per heavy atom. The Labute approximate surface area is 125 Å². The SMILES string of the molecule is COCCOCCCNC(=O)C1CNc2ccccc2N1. The van der Waals surface area contributed by atoms with Crippen molar-refractivity contribution in [3.05, 3.63) is 24.3 Å². The van der Waals surface area contributed by atoms with Crippen LogP contribution in [0.3, 0.4) is 0 Å². The Hall–Kier alpha value is -1.79. The molecular weight excluding hydrogens is 270 g/mol. The van der Waals surface area contributed by atoms with Crippen LogP contribution in [-0.4, -0.2) is 52.0 Å². The molecule has 3 N–H and O–H groups in total. The van der Waals surface area contributed by atoms with Gasteiger partial charge in [-0.1, -0.05) is 12.1 Å². The zero-order valence-corrected chi connectivity index (χ0v) is 12.4. The van der Waals surface area contributed by atoms with Gasteiger partial charge in [0.2, 0.25) is 5.91 Å². The second-order valence-electron chi connectivity index (χ2n) is 4.87.